The Morgan fingerprint density at radius 3 is 2.64 bits per heavy atom. The molecule has 1 saturated heterocycles. The van der Waals surface area contributed by atoms with Crippen LogP contribution in [0.4, 0.5) is 11.6 Å². The van der Waals surface area contributed by atoms with Crippen molar-refractivity contribution in [1.29, 1.82) is 5.41 Å². The Labute approximate surface area is 133 Å². The van der Waals surface area contributed by atoms with Crippen LogP contribution in [0.3, 0.4) is 0 Å². The summed E-state index contributed by atoms with van der Waals surface area (Å²) in [6.07, 6.45) is 7.87. The van der Waals surface area contributed by atoms with Gasteiger partial charge in [0.15, 0.2) is 0 Å². The van der Waals surface area contributed by atoms with Crippen LogP contribution in [0.1, 0.15) is 38.2 Å². The van der Waals surface area contributed by atoms with Gasteiger partial charge >= 0.3 is 0 Å². The first-order valence-electron chi connectivity index (χ1n) is 8.29. The molecule has 0 aromatic carbocycles. The molecule has 1 aliphatic rings. The van der Waals surface area contributed by atoms with Crippen LogP contribution in [-0.4, -0.2) is 60.9 Å². The summed E-state index contributed by atoms with van der Waals surface area (Å²) in [6, 6.07) is 0. The summed E-state index contributed by atoms with van der Waals surface area (Å²) in [5, 5.41) is 11.1. The number of aromatic nitrogens is 2. The molecule has 0 amide bonds. The van der Waals surface area contributed by atoms with Gasteiger partial charge in [0.2, 0.25) is 0 Å². The second-order valence-electron chi connectivity index (χ2n) is 5.88. The van der Waals surface area contributed by atoms with Gasteiger partial charge in [-0.25, -0.2) is 9.97 Å². The molecule has 22 heavy (non-hydrogen) atoms. The number of hydrogen-bond acceptors (Lipinski definition) is 6. The molecule has 2 rings (SSSR count). The van der Waals surface area contributed by atoms with Crippen LogP contribution in [0.15, 0.2) is 6.33 Å². The zero-order valence-electron chi connectivity index (χ0n) is 13.8. The lowest BCUT2D eigenvalue weighted by Gasteiger charge is -2.34. The Bertz CT molecular complexity index is 468. The van der Waals surface area contributed by atoms with E-state index in [1.54, 1.807) is 6.33 Å². The average molecular weight is 304 g/mol. The average Bonchev–Trinajstić information content (AvgIpc) is 2.55. The van der Waals surface area contributed by atoms with E-state index in [1.807, 2.05) is 0 Å². The first-order valence-corrected chi connectivity index (χ1v) is 8.29. The first-order chi connectivity index (χ1) is 10.8. The van der Waals surface area contributed by atoms with Crippen molar-refractivity contribution in [3.05, 3.63) is 11.9 Å². The van der Waals surface area contributed by atoms with Crippen LogP contribution >= 0.6 is 0 Å². The van der Waals surface area contributed by atoms with Gasteiger partial charge in [0.1, 0.15) is 18.0 Å². The molecule has 2 heterocycles. The number of unbranched alkanes of at least 4 members (excludes halogenated alkanes) is 3. The molecule has 6 nitrogen and oxygen atoms in total. The van der Waals surface area contributed by atoms with E-state index in [0.717, 1.165) is 56.3 Å². The molecule has 0 unspecified atom stereocenters. The van der Waals surface area contributed by atoms with Gasteiger partial charge in [0.25, 0.3) is 0 Å². The zero-order valence-corrected chi connectivity index (χ0v) is 13.8. The van der Waals surface area contributed by atoms with Crippen molar-refractivity contribution in [2.75, 3.05) is 50.0 Å². The number of anilines is 2. The summed E-state index contributed by atoms with van der Waals surface area (Å²) >= 11 is 0. The van der Waals surface area contributed by atoms with Gasteiger partial charge in [0, 0.05) is 38.9 Å². The summed E-state index contributed by atoms with van der Waals surface area (Å²) in [7, 11) is 2.14. The number of nitrogens with one attached hydrogen (secondary N) is 2. The lowest BCUT2D eigenvalue weighted by atomic mass is 10.2. The van der Waals surface area contributed by atoms with E-state index in [4.69, 9.17) is 5.41 Å². The highest BCUT2D eigenvalue weighted by atomic mass is 15.3. The van der Waals surface area contributed by atoms with Crippen molar-refractivity contribution in [2.24, 2.45) is 0 Å². The van der Waals surface area contributed by atoms with Gasteiger partial charge in [-0.2, -0.15) is 0 Å². The third kappa shape index (κ3) is 4.40. The van der Waals surface area contributed by atoms with Gasteiger partial charge in [-0.15, -0.1) is 0 Å². The summed E-state index contributed by atoms with van der Waals surface area (Å²) < 4.78 is 0. The fraction of sp³-hybridized carbons (Fsp3) is 0.688. The Kier molecular flexibility index (Phi) is 6.58. The predicted octanol–water partition coefficient (Wildman–Crippen LogP) is 2.22. The molecule has 0 aliphatic carbocycles. The van der Waals surface area contributed by atoms with Crippen LogP contribution in [0, 0.1) is 5.41 Å². The molecule has 1 aliphatic heterocycles. The molecule has 1 fully saturated rings. The van der Waals surface area contributed by atoms with Crippen LogP contribution in [0.5, 0.6) is 0 Å². The minimum absolute atomic E-state index is 0.787. The highest BCUT2D eigenvalue weighted by Gasteiger charge is 2.19. The third-order valence-corrected chi connectivity index (χ3v) is 4.13. The van der Waals surface area contributed by atoms with Crippen molar-refractivity contribution in [1.82, 2.24) is 14.9 Å². The van der Waals surface area contributed by atoms with E-state index in [0.29, 0.717) is 0 Å². The molecule has 6 heteroatoms. The van der Waals surface area contributed by atoms with Crippen molar-refractivity contribution < 1.29 is 0 Å². The number of likely N-dealkylation sites (N-methyl/N-ethyl adjacent to an activating group) is 1. The second kappa shape index (κ2) is 8.68. The molecule has 2 N–H and O–H groups in total. The van der Waals surface area contributed by atoms with Gasteiger partial charge in [-0.1, -0.05) is 26.2 Å². The number of hydrogen-bond donors (Lipinski definition) is 2. The fourth-order valence-corrected chi connectivity index (χ4v) is 2.69. The zero-order chi connectivity index (χ0) is 15.8. The molecule has 0 saturated carbocycles. The SMILES string of the molecule is CCCCCCNc1ncnc(N2CCN(C)CC2)c1C=N. The van der Waals surface area contributed by atoms with Gasteiger partial charge in [-0.05, 0) is 13.5 Å². The summed E-state index contributed by atoms with van der Waals surface area (Å²) in [5.41, 5.74) is 0.808. The molecule has 1 aromatic rings. The Morgan fingerprint density at radius 1 is 1.18 bits per heavy atom. The lowest BCUT2D eigenvalue weighted by Crippen LogP contribution is -2.45. The Balaban J connectivity index is 2.01. The van der Waals surface area contributed by atoms with Crippen LogP contribution < -0.4 is 10.2 Å². The predicted molar refractivity (Wildman–Crippen MR) is 92.3 cm³/mol. The highest BCUT2D eigenvalue weighted by Crippen LogP contribution is 2.22. The molecule has 0 spiro atoms. The molecule has 0 radical (unpaired) electrons. The van der Waals surface area contributed by atoms with E-state index in [-0.39, 0.29) is 0 Å². The van der Waals surface area contributed by atoms with E-state index < -0.39 is 0 Å². The van der Waals surface area contributed by atoms with Crippen molar-refractivity contribution in [2.45, 2.75) is 32.6 Å². The minimum atomic E-state index is 0.787. The van der Waals surface area contributed by atoms with E-state index in [1.165, 1.54) is 25.5 Å². The van der Waals surface area contributed by atoms with Crippen LogP contribution in [0.25, 0.3) is 0 Å². The van der Waals surface area contributed by atoms with Gasteiger partial charge < -0.3 is 20.5 Å². The maximum absolute atomic E-state index is 7.75. The normalized spacial score (nSPS) is 15.8. The van der Waals surface area contributed by atoms with E-state index in [9.17, 15) is 0 Å². The molecule has 1 aromatic heterocycles. The van der Waals surface area contributed by atoms with Crippen molar-refractivity contribution in [3.8, 4) is 0 Å². The lowest BCUT2D eigenvalue weighted by molar-refractivity contribution is 0.312. The van der Waals surface area contributed by atoms with Crippen molar-refractivity contribution >= 4 is 17.9 Å². The number of nitrogens with zero attached hydrogens (tertiary/aromatic N) is 4. The fourth-order valence-electron chi connectivity index (χ4n) is 2.69. The number of piperazine rings is 1. The largest absolute Gasteiger partial charge is 0.369 e. The maximum Gasteiger partial charge on any atom is 0.143 e. The highest BCUT2D eigenvalue weighted by molar-refractivity contribution is 5.90. The van der Waals surface area contributed by atoms with Crippen LogP contribution in [0.2, 0.25) is 0 Å². The summed E-state index contributed by atoms with van der Waals surface area (Å²) in [5.74, 6) is 1.67. The standard InChI is InChI=1S/C16H28N6/c1-3-4-5-6-7-18-15-14(12-17)16(20-13-19-15)22-10-8-21(2)9-11-22/h12-13,17H,3-11H2,1-2H3,(H,18,19,20). The number of rotatable bonds is 8. The quantitative estimate of drug-likeness (QED) is 0.569. The van der Waals surface area contributed by atoms with Gasteiger partial charge in [-0.3, -0.25) is 0 Å². The summed E-state index contributed by atoms with van der Waals surface area (Å²) in [4.78, 5) is 13.3. The van der Waals surface area contributed by atoms with Gasteiger partial charge in [0.05, 0.1) is 5.56 Å². The monoisotopic (exact) mass is 304 g/mol. The molecular weight excluding hydrogens is 276 g/mol. The molecule has 122 valence electrons. The molecule has 0 bridgehead atoms. The molecule has 0 atom stereocenters. The molecular formula is C16H28N6. The smallest absolute Gasteiger partial charge is 0.143 e. The topological polar surface area (TPSA) is 68.1 Å². The summed E-state index contributed by atoms with van der Waals surface area (Å²) in [6.45, 7) is 7.07. The van der Waals surface area contributed by atoms with Crippen LogP contribution in [-0.2, 0) is 0 Å². The third-order valence-electron chi connectivity index (χ3n) is 4.13. The maximum atomic E-state index is 7.75. The van der Waals surface area contributed by atoms with Crippen molar-refractivity contribution in [3.63, 3.8) is 0 Å². The Hall–Kier alpha value is -1.69. The second-order valence-corrected chi connectivity index (χ2v) is 5.88. The minimum Gasteiger partial charge on any atom is -0.369 e. The first kappa shape index (κ1) is 16.7. The Morgan fingerprint density at radius 2 is 1.95 bits per heavy atom. The van der Waals surface area contributed by atoms with E-state index >= 15 is 0 Å². The van der Waals surface area contributed by atoms with E-state index in [2.05, 4.69) is 39.1 Å².